The van der Waals surface area contributed by atoms with Crippen molar-refractivity contribution in [3.63, 3.8) is 0 Å². The Bertz CT molecular complexity index is 346. The number of hydrogen-bond donors (Lipinski definition) is 2. The number of rotatable bonds is 4. The lowest BCUT2D eigenvalue weighted by Crippen LogP contribution is -2.25. The molecule has 0 fully saturated rings. The van der Waals surface area contributed by atoms with Crippen LogP contribution in [0.3, 0.4) is 0 Å². The highest BCUT2D eigenvalue weighted by atomic mass is 32.1. The predicted molar refractivity (Wildman–Crippen MR) is 67.8 cm³/mol. The molecule has 80 valence electrons. The molecule has 0 amide bonds. The molecule has 15 heavy (non-hydrogen) atoms. The van der Waals surface area contributed by atoms with E-state index >= 15 is 0 Å². The molecule has 0 radical (unpaired) electrons. The molecule has 0 heterocycles. The zero-order valence-corrected chi connectivity index (χ0v) is 9.55. The van der Waals surface area contributed by atoms with Gasteiger partial charge in [-0.2, -0.15) is 5.10 Å². The van der Waals surface area contributed by atoms with Crippen LogP contribution in [0.15, 0.2) is 35.4 Å². The lowest BCUT2D eigenvalue weighted by Gasteiger charge is -2.02. The molecule has 0 saturated heterocycles. The average molecular weight is 221 g/mol. The van der Waals surface area contributed by atoms with Gasteiger partial charge >= 0.3 is 0 Å². The van der Waals surface area contributed by atoms with E-state index in [0.29, 0.717) is 0 Å². The third kappa shape index (κ3) is 5.12. The van der Waals surface area contributed by atoms with Crippen molar-refractivity contribution < 1.29 is 0 Å². The van der Waals surface area contributed by atoms with Crippen LogP contribution in [-0.4, -0.2) is 10.8 Å². The van der Waals surface area contributed by atoms with Gasteiger partial charge in [0.25, 0.3) is 0 Å². The second-order valence-electron chi connectivity index (χ2n) is 3.31. The third-order valence-corrected chi connectivity index (χ3v) is 2.07. The van der Waals surface area contributed by atoms with Crippen LogP contribution >= 0.6 is 12.2 Å². The second kappa shape index (κ2) is 6.14. The van der Waals surface area contributed by atoms with E-state index in [0.717, 1.165) is 18.6 Å². The Morgan fingerprint density at radius 3 is 2.67 bits per heavy atom. The van der Waals surface area contributed by atoms with E-state index in [2.05, 4.69) is 34.9 Å². The standard InChI is InChI=1S/C11H15N3S/c1-9(13-14-11(12)15)7-8-10-5-3-2-4-6-10/h2-6H,7-8H2,1H3,(H3,12,14,15)/b13-9+. The van der Waals surface area contributed by atoms with Crippen molar-refractivity contribution in [2.75, 3.05) is 0 Å². The Hall–Kier alpha value is -1.42. The maximum atomic E-state index is 5.26. The third-order valence-electron chi connectivity index (χ3n) is 1.98. The van der Waals surface area contributed by atoms with Gasteiger partial charge in [-0.25, -0.2) is 0 Å². The summed E-state index contributed by atoms with van der Waals surface area (Å²) in [7, 11) is 0. The highest BCUT2D eigenvalue weighted by Gasteiger charge is 1.94. The normalized spacial score (nSPS) is 11.1. The molecular weight excluding hydrogens is 206 g/mol. The molecule has 0 saturated carbocycles. The molecule has 0 aliphatic carbocycles. The van der Waals surface area contributed by atoms with Gasteiger partial charge in [0, 0.05) is 5.71 Å². The van der Waals surface area contributed by atoms with Crippen molar-refractivity contribution in [2.24, 2.45) is 10.8 Å². The summed E-state index contributed by atoms with van der Waals surface area (Å²) in [4.78, 5) is 0. The SMILES string of the molecule is C/C(CCc1ccccc1)=N\NC(N)=S. The van der Waals surface area contributed by atoms with E-state index in [1.165, 1.54) is 5.56 Å². The van der Waals surface area contributed by atoms with Crippen LogP contribution in [0.5, 0.6) is 0 Å². The first-order valence-corrected chi connectivity index (χ1v) is 5.22. The van der Waals surface area contributed by atoms with Crippen molar-refractivity contribution in [2.45, 2.75) is 19.8 Å². The van der Waals surface area contributed by atoms with Crippen molar-refractivity contribution in [1.82, 2.24) is 5.43 Å². The summed E-state index contributed by atoms with van der Waals surface area (Å²) in [6, 6.07) is 10.3. The molecule has 1 aromatic carbocycles. The van der Waals surface area contributed by atoms with E-state index in [1.807, 2.05) is 25.1 Å². The number of benzene rings is 1. The zero-order chi connectivity index (χ0) is 11.1. The van der Waals surface area contributed by atoms with E-state index < -0.39 is 0 Å². The quantitative estimate of drug-likeness (QED) is 0.463. The fraction of sp³-hybridized carbons (Fsp3) is 0.273. The Morgan fingerprint density at radius 2 is 2.07 bits per heavy atom. The number of hydrazone groups is 1. The van der Waals surface area contributed by atoms with Crippen LogP contribution in [0.2, 0.25) is 0 Å². The highest BCUT2D eigenvalue weighted by Crippen LogP contribution is 2.02. The zero-order valence-electron chi connectivity index (χ0n) is 8.73. The minimum atomic E-state index is 0.203. The van der Waals surface area contributed by atoms with Gasteiger partial charge in [-0.3, -0.25) is 5.43 Å². The van der Waals surface area contributed by atoms with Crippen LogP contribution in [0.25, 0.3) is 0 Å². The molecule has 0 aliphatic rings. The Kier molecular flexibility index (Phi) is 4.77. The van der Waals surface area contributed by atoms with Crippen molar-refractivity contribution in [3.05, 3.63) is 35.9 Å². The van der Waals surface area contributed by atoms with Crippen LogP contribution in [-0.2, 0) is 6.42 Å². The van der Waals surface area contributed by atoms with Crippen LogP contribution < -0.4 is 11.2 Å². The molecule has 0 spiro atoms. The number of nitrogens with two attached hydrogens (primary N) is 1. The fourth-order valence-corrected chi connectivity index (χ4v) is 1.22. The van der Waals surface area contributed by atoms with Crippen molar-refractivity contribution >= 4 is 23.0 Å². The van der Waals surface area contributed by atoms with Gasteiger partial charge in [-0.1, -0.05) is 30.3 Å². The van der Waals surface area contributed by atoms with Gasteiger partial charge in [-0.15, -0.1) is 0 Å². The molecular formula is C11H15N3S. The number of nitrogens with one attached hydrogen (secondary N) is 1. The van der Waals surface area contributed by atoms with E-state index in [1.54, 1.807) is 0 Å². The topological polar surface area (TPSA) is 50.4 Å². The number of thiocarbonyl (C=S) groups is 1. The molecule has 0 unspecified atom stereocenters. The first kappa shape index (κ1) is 11.7. The summed E-state index contributed by atoms with van der Waals surface area (Å²) < 4.78 is 0. The maximum Gasteiger partial charge on any atom is 0.184 e. The van der Waals surface area contributed by atoms with Gasteiger partial charge in [0.2, 0.25) is 0 Å². The van der Waals surface area contributed by atoms with Gasteiger partial charge in [0.05, 0.1) is 0 Å². The van der Waals surface area contributed by atoms with Crippen molar-refractivity contribution in [1.29, 1.82) is 0 Å². The highest BCUT2D eigenvalue weighted by molar-refractivity contribution is 7.80. The molecule has 0 aliphatic heterocycles. The van der Waals surface area contributed by atoms with Crippen molar-refractivity contribution in [3.8, 4) is 0 Å². The predicted octanol–water partition coefficient (Wildman–Crippen LogP) is 1.83. The van der Waals surface area contributed by atoms with Gasteiger partial charge < -0.3 is 5.73 Å². The molecule has 1 aromatic rings. The molecule has 0 bridgehead atoms. The second-order valence-corrected chi connectivity index (χ2v) is 3.75. The summed E-state index contributed by atoms with van der Waals surface area (Å²) in [6.45, 7) is 1.95. The summed E-state index contributed by atoms with van der Waals surface area (Å²) in [6.07, 6.45) is 1.88. The minimum Gasteiger partial charge on any atom is -0.375 e. The van der Waals surface area contributed by atoms with E-state index in [4.69, 9.17) is 5.73 Å². The summed E-state index contributed by atoms with van der Waals surface area (Å²) >= 11 is 4.65. The van der Waals surface area contributed by atoms with Gasteiger partial charge in [-0.05, 0) is 37.5 Å². The van der Waals surface area contributed by atoms with Gasteiger partial charge in [0.15, 0.2) is 5.11 Å². The van der Waals surface area contributed by atoms with E-state index in [9.17, 15) is 0 Å². The number of hydrogen-bond acceptors (Lipinski definition) is 2. The molecule has 0 atom stereocenters. The van der Waals surface area contributed by atoms with Crippen LogP contribution in [0, 0.1) is 0 Å². The van der Waals surface area contributed by atoms with Crippen LogP contribution in [0.4, 0.5) is 0 Å². The summed E-state index contributed by atoms with van der Waals surface area (Å²) in [5.41, 5.74) is 10.1. The largest absolute Gasteiger partial charge is 0.375 e. The first-order chi connectivity index (χ1) is 7.18. The summed E-state index contributed by atoms with van der Waals surface area (Å²) in [5, 5.41) is 4.24. The molecule has 1 rings (SSSR count). The minimum absolute atomic E-state index is 0.203. The monoisotopic (exact) mass is 221 g/mol. The number of nitrogens with zero attached hydrogens (tertiary/aromatic N) is 1. The molecule has 0 aromatic heterocycles. The lowest BCUT2D eigenvalue weighted by molar-refractivity contribution is 0.969. The van der Waals surface area contributed by atoms with Crippen LogP contribution in [0.1, 0.15) is 18.9 Å². The molecule has 3 nitrogen and oxygen atoms in total. The Morgan fingerprint density at radius 1 is 1.40 bits per heavy atom. The Labute approximate surface area is 95.4 Å². The summed E-state index contributed by atoms with van der Waals surface area (Å²) in [5.74, 6) is 0. The molecule has 3 N–H and O–H groups in total. The molecule has 4 heteroatoms. The lowest BCUT2D eigenvalue weighted by atomic mass is 10.1. The maximum absolute atomic E-state index is 5.26. The fourth-order valence-electron chi connectivity index (χ4n) is 1.18. The first-order valence-electron chi connectivity index (χ1n) is 4.81. The van der Waals surface area contributed by atoms with E-state index in [-0.39, 0.29) is 5.11 Å². The Balaban J connectivity index is 2.37. The smallest absolute Gasteiger partial charge is 0.184 e. The number of aryl methyl sites for hydroxylation is 1. The van der Waals surface area contributed by atoms with Gasteiger partial charge in [0.1, 0.15) is 0 Å². The average Bonchev–Trinajstić information content (AvgIpc) is 2.25.